The highest BCUT2D eigenvalue weighted by atomic mass is 32.2. The predicted molar refractivity (Wildman–Crippen MR) is 99.4 cm³/mol. The minimum Gasteiger partial charge on any atom is -0.370 e. The number of hydrogen-bond donors (Lipinski definition) is 1. The van der Waals surface area contributed by atoms with Gasteiger partial charge in [0.2, 0.25) is 5.95 Å². The van der Waals surface area contributed by atoms with Crippen LogP contribution in [0.4, 0.5) is 5.95 Å². The van der Waals surface area contributed by atoms with E-state index in [0.29, 0.717) is 12.5 Å². The fourth-order valence-electron chi connectivity index (χ4n) is 2.59. The number of thioether (sulfide) groups is 1. The molecule has 0 unspecified atom stereocenters. The topological polar surface area (TPSA) is 70.6 Å². The van der Waals surface area contributed by atoms with Crippen LogP contribution in [0.2, 0.25) is 0 Å². The van der Waals surface area contributed by atoms with Crippen molar-refractivity contribution in [3.05, 3.63) is 48.3 Å². The van der Waals surface area contributed by atoms with Crippen molar-refractivity contribution in [3.63, 3.8) is 0 Å². The normalized spacial score (nSPS) is 15.6. The maximum atomic E-state index is 6.16. The number of hydrogen-bond acceptors (Lipinski definition) is 5. The Labute approximate surface area is 146 Å². The summed E-state index contributed by atoms with van der Waals surface area (Å²) in [5, 5.41) is 0. The highest BCUT2D eigenvalue weighted by Crippen LogP contribution is 2.15. The largest absolute Gasteiger partial charge is 0.370 e. The molecule has 1 aromatic carbocycles. The van der Waals surface area contributed by atoms with Crippen molar-refractivity contribution in [1.82, 2.24) is 14.9 Å². The van der Waals surface area contributed by atoms with Crippen molar-refractivity contribution < 1.29 is 0 Å². The summed E-state index contributed by atoms with van der Waals surface area (Å²) in [7, 11) is 0. The van der Waals surface area contributed by atoms with Gasteiger partial charge in [0.25, 0.3) is 0 Å². The van der Waals surface area contributed by atoms with Crippen molar-refractivity contribution in [3.8, 4) is 0 Å². The average molecular weight is 342 g/mol. The molecule has 0 amide bonds. The quantitative estimate of drug-likeness (QED) is 0.519. The first kappa shape index (κ1) is 16.6. The Bertz CT molecular complexity index is 665. The average Bonchev–Trinajstić information content (AvgIpc) is 2.67. The number of aliphatic imine (C=N–C) groups is 1. The molecule has 3 rings (SSSR count). The van der Waals surface area contributed by atoms with E-state index in [1.165, 1.54) is 10.5 Å². The molecule has 0 spiro atoms. The molecule has 0 bridgehead atoms. The summed E-state index contributed by atoms with van der Waals surface area (Å²) in [6.07, 6.45) is 5.62. The second-order valence-electron chi connectivity index (χ2n) is 5.55. The first-order chi connectivity index (χ1) is 11.8. The Kier molecular flexibility index (Phi) is 5.53. The molecule has 2 aromatic rings. The van der Waals surface area contributed by atoms with Gasteiger partial charge in [-0.05, 0) is 30.0 Å². The molecule has 126 valence electrons. The molecule has 1 aromatic heterocycles. The van der Waals surface area contributed by atoms with Crippen LogP contribution in [0.3, 0.4) is 0 Å². The Hall–Kier alpha value is -2.28. The van der Waals surface area contributed by atoms with Gasteiger partial charge in [-0.25, -0.2) is 15.0 Å². The van der Waals surface area contributed by atoms with Crippen LogP contribution in [0.5, 0.6) is 0 Å². The number of benzene rings is 1. The molecular formula is C17H22N6S. The third kappa shape index (κ3) is 4.17. The van der Waals surface area contributed by atoms with Crippen LogP contribution in [0.15, 0.2) is 52.6 Å². The van der Waals surface area contributed by atoms with E-state index in [9.17, 15) is 0 Å². The second kappa shape index (κ2) is 8.01. The van der Waals surface area contributed by atoms with Crippen LogP contribution in [0, 0.1) is 0 Å². The van der Waals surface area contributed by atoms with Crippen LogP contribution in [0.1, 0.15) is 5.56 Å². The maximum Gasteiger partial charge on any atom is 0.225 e. The van der Waals surface area contributed by atoms with Crippen LogP contribution < -0.4 is 10.6 Å². The lowest BCUT2D eigenvalue weighted by Gasteiger charge is -2.35. The van der Waals surface area contributed by atoms with E-state index >= 15 is 0 Å². The second-order valence-corrected chi connectivity index (χ2v) is 6.43. The summed E-state index contributed by atoms with van der Waals surface area (Å²) >= 11 is 1.74. The van der Waals surface area contributed by atoms with Gasteiger partial charge in [0, 0.05) is 43.5 Å². The van der Waals surface area contributed by atoms with E-state index in [-0.39, 0.29) is 0 Å². The molecule has 0 saturated carbocycles. The molecule has 7 heteroatoms. The number of piperazine rings is 1. The fraction of sp³-hybridized carbons (Fsp3) is 0.353. The molecule has 0 atom stereocenters. The summed E-state index contributed by atoms with van der Waals surface area (Å²) in [5.74, 6) is 1.39. The Morgan fingerprint density at radius 3 is 2.42 bits per heavy atom. The summed E-state index contributed by atoms with van der Waals surface area (Å²) in [6, 6.07) is 10.3. The van der Waals surface area contributed by atoms with E-state index in [0.717, 1.165) is 32.1 Å². The van der Waals surface area contributed by atoms with Gasteiger partial charge in [0.15, 0.2) is 5.96 Å². The number of nitrogens with zero attached hydrogens (tertiary/aromatic N) is 5. The van der Waals surface area contributed by atoms with Crippen LogP contribution in [0.25, 0.3) is 0 Å². The molecule has 6 nitrogen and oxygen atoms in total. The molecule has 0 radical (unpaired) electrons. The zero-order valence-corrected chi connectivity index (χ0v) is 14.6. The molecule has 2 N–H and O–H groups in total. The molecule has 0 aliphatic carbocycles. The van der Waals surface area contributed by atoms with E-state index in [1.807, 2.05) is 6.07 Å². The van der Waals surface area contributed by atoms with Crippen molar-refractivity contribution in [1.29, 1.82) is 0 Å². The summed E-state index contributed by atoms with van der Waals surface area (Å²) in [4.78, 5) is 18.7. The van der Waals surface area contributed by atoms with Crippen molar-refractivity contribution in [2.24, 2.45) is 10.7 Å². The van der Waals surface area contributed by atoms with Crippen molar-refractivity contribution in [2.45, 2.75) is 11.4 Å². The van der Waals surface area contributed by atoms with Gasteiger partial charge in [0.05, 0.1) is 6.54 Å². The number of aromatic nitrogens is 2. The minimum atomic E-state index is 0.609. The summed E-state index contributed by atoms with van der Waals surface area (Å²) < 4.78 is 0. The lowest BCUT2D eigenvalue weighted by Crippen LogP contribution is -2.51. The molecule has 1 aliphatic heterocycles. The molecule has 1 fully saturated rings. The van der Waals surface area contributed by atoms with Crippen LogP contribution in [-0.4, -0.2) is 53.3 Å². The zero-order valence-electron chi connectivity index (χ0n) is 13.8. The first-order valence-corrected chi connectivity index (χ1v) is 9.18. The van der Waals surface area contributed by atoms with E-state index in [2.05, 4.69) is 55.3 Å². The molecule has 2 heterocycles. The smallest absolute Gasteiger partial charge is 0.225 e. The fourth-order valence-corrected chi connectivity index (χ4v) is 3.00. The molecular weight excluding hydrogens is 320 g/mol. The van der Waals surface area contributed by atoms with E-state index < -0.39 is 0 Å². The lowest BCUT2D eigenvalue weighted by atomic mass is 10.2. The zero-order chi connectivity index (χ0) is 16.8. The summed E-state index contributed by atoms with van der Waals surface area (Å²) in [6.45, 7) is 3.98. The Morgan fingerprint density at radius 2 is 1.79 bits per heavy atom. The lowest BCUT2D eigenvalue weighted by molar-refractivity contribution is 0.378. The first-order valence-electron chi connectivity index (χ1n) is 7.96. The van der Waals surface area contributed by atoms with Crippen LogP contribution >= 0.6 is 11.8 Å². The monoisotopic (exact) mass is 342 g/mol. The van der Waals surface area contributed by atoms with Crippen LogP contribution in [-0.2, 0) is 6.54 Å². The van der Waals surface area contributed by atoms with E-state index in [1.54, 1.807) is 24.2 Å². The van der Waals surface area contributed by atoms with Gasteiger partial charge in [-0.3, -0.25) is 0 Å². The summed E-state index contributed by atoms with van der Waals surface area (Å²) in [5.41, 5.74) is 7.33. The van der Waals surface area contributed by atoms with Gasteiger partial charge in [-0.2, -0.15) is 0 Å². The van der Waals surface area contributed by atoms with Gasteiger partial charge < -0.3 is 15.5 Å². The highest BCUT2D eigenvalue weighted by Gasteiger charge is 2.19. The number of nitrogens with two attached hydrogens (primary N) is 1. The minimum absolute atomic E-state index is 0.609. The third-order valence-corrected chi connectivity index (χ3v) is 4.76. The van der Waals surface area contributed by atoms with E-state index in [4.69, 9.17) is 5.73 Å². The Balaban J connectivity index is 1.53. The van der Waals surface area contributed by atoms with Gasteiger partial charge in [0.1, 0.15) is 0 Å². The van der Waals surface area contributed by atoms with Gasteiger partial charge >= 0.3 is 0 Å². The number of anilines is 1. The van der Waals surface area contributed by atoms with Crippen molar-refractivity contribution in [2.75, 3.05) is 37.3 Å². The predicted octanol–water partition coefficient (Wildman–Crippen LogP) is 1.84. The Morgan fingerprint density at radius 1 is 1.12 bits per heavy atom. The standard InChI is InChI=1S/C17H22N6S/c1-24-15-5-3-14(4-6-15)13-21-16(18)22-9-11-23(12-10-22)17-19-7-2-8-20-17/h2-8H,9-13H2,1H3,(H2,18,21). The molecule has 24 heavy (non-hydrogen) atoms. The highest BCUT2D eigenvalue weighted by molar-refractivity contribution is 7.98. The number of rotatable bonds is 4. The maximum absolute atomic E-state index is 6.16. The molecule has 1 aliphatic rings. The van der Waals surface area contributed by atoms with Crippen molar-refractivity contribution >= 4 is 23.7 Å². The number of guanidine groups is 1. The van der Waals surface area contributed by atoms with Gasteiger partial charge in [-0.15, -0.1) is 11.8 Å². The SMILES string of the molecule is CSc1ccc(CN=C(N)N2CCN(c3ncccn3)CC2)cc1. The molecule has 1 saturated heterocycles. The van der Waals surface area contributed by atoms with Gasteiger partial charge in [-0.1, -0.05) is 12.1 Å². The third-order valence-electron chi connectivity index (χ3n) is 4.02.